The molecule has 1 amide bonds. The molecule has 1 fully saturated rings. The predicted octanol–water partition coefficient (Wildman–Crippen LogP) is 1.59. The van der Waals surface area contributed by atoms with Crippen molar-refractivity contribution in [3.05, 3.63) is 24.3 Å². The van der Waals surface area contributed by atoms with Crippen molar-refractivity contribution in [1.82, 2.24) is 5.32 Å². The van der Waals surface area contributed by atoms with E-state index in [0.717, 1.165) is 13.0 Å². The second-order valence-corrected chi connectivity index (χ2v) is 7.06. The van der Waals surface area contributed by atoms with Crippen molar-refractivity contribution in [3.63, 3.8) is 0 Å². The summed E-state index contributed by atoms with van der Waals surface area (Å²) in [5, 5.41) is 5.80. The van der Waals surface area contributed by atoms with Gasteiger partial charge in [-0.1, -0.05) is 0 Å². The molecule has 0 unspecified atom stereocenters. The third-order valence-corrected chi connectivity index (χ3v) is 5.24. The first-order valence-electron chi connectivity index (χ1n) is 7.08. The zero-order chi connectivity index (χ0) is 15.3. The van der Waals surface area contributed by atoms with Crippen LogP contribution in [0.4, 0.5) is 11.4 Å². The van der Waals surface area contributed by atoms with Crippen molar-refractivity contribution >= 4 is 39.7 Å². The molecule has 1 aliphatic heterocycles. The highest BCUT2D eigenvalue weighted by Crippen LogP contribution is 2.25. The molecule has 0 bridgehead atoms. The van der Waals surface area contributed by atoms with Gasteiger partial charge < -0.3 is 10.6 Å². The van der Waals surface area contributed by atoms with Crippen molar-refractivity contribution < 1.29 is 13.2 Å². The Bertz CT molecular complexity index is 590. The van der Waals surface area contributed by atoms with Crippen molar-refractivity contribution in [2.75, 3.05) is 35.5 Å². The fourth-order valence-electron chi connectivity index (χ4n) is 2.29. The minimum absolute atomic E-state index is 0. The first kappa shape index (κ1) is 18.7. The fraction of sp³-hybridized carbons (Fsp3) is 0.500. The molecule has 2 N–H and O–H groups in total. The van der Waals surface area contributed by atoms with Crippen LogP contribution in [0.25, 0.3) is 0 Å². The maximum atomic E-state index is 11.8. The molecule has 6 nitrogen and oxygen atoms in total. The Morgan fingerprint density at radius 2 is 1.95 bits per heavy atom. The van der Waals surface area contributed by atoms with E-state index < -0.39 is 10.0 Å². The lowest BCUT2D eigenvalue weighted by Crippen LogP contribution is -2.25. The number of carbonyl (C=O) groups is 1. The SMILES string of the molecule is CNCCCC(=O)Nc1ccc(N2CCCS2(=O)=O)cc1.Cl. The highest BCUT2D eigenvalue weighted by atomic mass is 35.5. The smallest absolute Gasteiger partial charge is 0.235 e. The second-order valence-electron chi connectivity index (χ2n) is 5.04. The summed E-state index contributed by atoms with van der Waals surface area (Å²) in [5.74, 6) is 0.170. The molecule has 0 radical (unpaired) electrons. The predicted molar refractivity (Wildman–Crippen MR) is 91.2 cm³/mol. The monoisotopic (exact) mass is 347 g/mol. The summed E-state index contributed by atoms with van der Waals surface area (Å²) in [5.41, 5.74) is 1.34. The van der Waals surface area contributed by atoms with Crippen LogP contribution in [0.5, 0.6) is 0 Å². The number of nitrogens with zero attached hydrogens (tertiary/aromatic N) is 1. The fourth-order valence-corrected chi connectivity index (χ4v) is 3.85. The second kappa shape index (κ2) is 8.36. The third-order valence-electron chi connectivity index (χ3n) is 3.37. The Morgan fingerprint density at radius 1 is 1.27 bits per heavy atom. The van der Waals surface area contributed by atoms with Crippen LogP contribution < -0.4 is 14.9 Å². The molecule has 1 saturated heterocycles. The van der Waals surface area contributed by atoms with Crippen molar-refractivity contribution in [2.24, 2.45) is 0 Å². The zero-order valence-corrected chi connectivity index (χ0v) is 14.2. The topological polar surface area (TPSA) is 78.5 Å². The van der Waals surface area contributed by atoms with E-state index in [1.807, 2.05) is 7.05 Å². The van der Waals surface area contributed by atoms with Crippen LogP contribution in [0.3, 0.4) is 0 Å². The molecule has 0 aliphatic carbocycles. The van der Waals surface area contributed by atoms with Gasteiger partial charge in [-0.15, -0.1) is 12.4 Å². The van der Waals surface area contributed by atoms with Crippen LogP contribution in [0.15, 0.2) is 24.3 Å². The van der Waals surface area contributed by atoms with Gasteiger partial charge in [-0.05, 0) is 50.7 Å². The summed E-state index contributed by atoms with van der Waals surface area (Å²) in [4.78, 5) is 11.7. The average Bonchev–Trinajstić information content (AvgIpc) is 2.79. The molecule has 1 aromatic carbocycles. The van der Waals surface area contributed by atoms with Crippen LogP contribution in [0.2, 0.25) is 0 Å². The Labute approximate surface area is 137 Å². The Balaban J connectivity index is 0.00000242. The van der Waals surface area contributed by atoms with Gasteiger partial charge in [0.05, 0.1) is 11.4 Å². The molecular formula is C14H22ClN3O3S. The first-order chi connectivity index (χ1) is 10.0. The highest BCUT2D eigenvalue weighted by Gasteiger charge is 2.28. The van der Waals surface area contributed by atoms with E-state index in [1.165, 1.54) is 4.31 Å². The molecule has 0 atom stereocenters. The van der Waals surface area contributed by atoms with Crippen molar-refractivity contribution in [1.29, 1.82) is 0 Å². The van der Waals surface area contributed by atoms with Crippen molar-refractivity contribution in [2.45, 2.75) is 19.3 Å². The summed E-state index contributed by atoms with van der Waals surface area (Å²) < 4.78 is 25.1. The number of carbonyl (C=O) groups excluding carboxylic acids is 1. The van der Waals surface area contributed by atoms with Crippen LogP contribution in [-0.2, 0) is 14.8 Å². The average molecular weight is 348 g/mol. The molecule has 1 heterocycles. The van der Waals surface area contributed by atoms with Gasteiger partial charge in [-0.2, -0.15) is 0 Å². The molecule has 8 heteroatoms. The Kier molecular flexibility index (Phi) is 7.12. The van der Waals surface area contributed by atoms with Gasteiger partial charge in [0.1, 0.15) is 0 Å². The number of anilines is 2. The Morgan fingerprint density at radius 3 is 2.50 bits per heavy atom. The van der Waals surface area contributed by atoms with Crippen LogP contribution >= 0.6 is 12.4 Å². The van der Waals surface area contributed by atoms with E-state index in [1.54, 1.807) is 24.3 Å². The van der Waals surface area contributed by atoms with E-state index >= 15 is 0 Å². The number of sulfonamides is 1. The minimum Gasteiger partial charge on any atom is -0.326 e. The lowest BCUT2D eigenvalue weighted by Gasteiger charge is -2.17. The maximum Gasteiger partial charge on any atom is 0.235 e. The standard InChI is InChI=1S/C14H21N3O3S.ClH/c1-15-9-2-4-14(18)16-12-5-7-13(8-6-12)17-10-3-11-21(17,19)20;/h5-8,15H,2-4,9-11H2,1H3,(H,16,18);1H. The van der Waals surface area contributed by atoms with Gasteiger partial charge in [0, 0.05) is 18.7 Å². The number of hydrogen-bond acceptors (Lipinski definition) is 4. The van der Waals surface area contributed by atoms with Gasteiger partial charge in [0.2, 0.25) is 15.9 Å². The molecule has 22 heavy (non-hydrogen) atoms. The summed E-state index contributed by atoms with van der Waals surface area (Å²) in [6, 6.07) is 6.93. The lowest BCUT2D eigenvalue weighted by atomic mass is 10.2. The number of benzene rings is 1. The molecule has 2 rings (SSSR count). The van der Waals surface area contributed by atoms with E-state index in [9.17, 15) is 13.2 Å². The molecule has 1 aromatic rings. The maximum absolute atomic E-state index is 11.8. The Hall–Kier alpha value is -1.31. The first-order valence-corrected chi connectivity index (χ1v) is 8.69. The van der Waals surface area contributed by atoms with E-state index in [2.05, 4.69) is 10.6 Å². The molecular weight excluding hydrogens is 326 g/mol. The third kappa shape index (κ3) is 4.86. The van der Waals surface area contributed by atoms with Crippen molar-refractivity contribution in [3.8, 4) is 0 Å². The number of halogens is 1. The minimum atomic E-state index is -3.15. The summed E-state index contributed by atoms with van der Waals surface area (Å²) in [7, 11) is -1.30. The molecule has 0 spiro atoms. The van der Waals surface area contributed by atoms with Gasteiger partial charge in [0.15, 0.2) is 0 Å². The van der Waals surface area contributed by atoms with E-state index in [0.29, 0.717) is 30.8 Å². The van der Waals surface area contributed by atoms with E-state index in [-0.39, 0.29) is 24.1 Å². The van der Waals surface area contributed by atoms with Gasteiger partial charge in [-0.3, -0.25) is 9.10 Å². The highest BCUT2D eigenvalue weighted by molar-refractivity contribution is 7.93. The lowest BCUT2D eigenvalue weighted by molar-refractivity contribution is -0.116. The molecule has 0 aromatic heterocycles. The van der Waals surface area contributed by atoms with Crippen LogP contribution in [0.1, 0.15) is 19.3 Å². The van der Waals surface area contributed by atoms with Crippen LogP contribution in [-0.4, -0.2) is 40.2 Å². The zero-order valence-electron chi connectivity index (χ0n) is 12.5. The summed E-state index contributed by atoms with van der Waals surface area (Å²) >= 11 is 0. The number of nitrogens with one attached hydrogen (secondary N) is 2. The summed E-state index contributed by atoms with van der Waals surface area (Å²) in [6.07, 6.45) is 1.90. The van der Waals surface area contributed by atoms with Gasteiger partial charge in [0.25, 0.3) is 0 Å². The normalized spacial score (nSPS) is 16.1. The quantitative estimate of drug-likeness (QED) is 0.766. The largest absolute Gasteiger partial charge is 0.326 e. The van der Waals surface area contributed by atoms with Gasteiger partial charge in [-0.25, -0.2) is 8.42 Å². The number of hydrogen-bond donors (Lipinski definition) is 2. The summed E-state index contributed by atoms with van der Waals surface area (Å²) in [6.45, 7) is 1.33. The van der Waals surface area contributed by atoms with Gasteiger partial charge >= 0.3 is 0 Å². The van der Waals surface area contributed by atoms with Crippen LogP contribution in [0, 0.1) is 0 Å². The number of amides is 1. The molecule has 124 valence electrons. The molecule has 0 saturated carbocycles. The molecule has 1 aliphatic rings. The van der Waals surface area contributed by atoms with E-state index in [4.69, 9.17) is 0 Å². The number of rotatable bonds is 6.